The zero-order chi connectivity index (χ0) is 22.3. The number of anilines is 1. The Morgan fingerprint density at radius 1 is 0.938 bits per heavy atom. The molecule has 0 atom stereocenters. The Balaban J connectivity index is 1.31. The number of ether oxygens (including phenoxy) is 1. The highest BCUT2D eigenvalue weighted by Crippen LogP contribution is 2.23. The van der Waals surface area contributed by atoms with Crippen LogP contribution in [0.5, 0.6) is 5.75 Å². The van der Waals surface area contributed by atoms with Crippen molar-refractivity contribution in [1.82, 2.24) is 4.90 Å². The quantitative estimate of drug-likeness (QED) is 0.597. The van der Waals surface area contributed by atoms with Crippen LogP contribution in [0.25, 0.3) is 0 Å². The Morgan fingerprint density at radius 3 is 2.44 bits per heavy atom. The van der Waals surface area contributed by atoms with Gasteiger partial charge in [-0.3, -0.25) is 9.59 Å². The van der Waals surface area contributed by atoms with Crippen LogP contribution in [-0.2, 0) is 11.4 Å². The van der Waals surface area contributed by atoms with Crippen LogP contribution < -0.4 is 10.1 Å². The van der Waals surface area contributed by atoms with Crippen molar-refractivity contribution in [2.24, 2.45) is 5.92 Å². The van der Waals surface area contributed by atoms with Gasteiger partial charge in [0.25, 0.3) is 5.91 Å². The van der Waals surface area contributed by atoms with Crippen LogP contribution in [0.3, 0.4) is 0 Å². The average Bonchev–Trinajstić information content (AvgIpc) is 2.83. The van der Waals surface area contributed by atoms with Gasteiger partial charge in [-0.1, -0.05) is 54.1 Å². The lowest BCUT2D eigenvalue weighted by molar-refractivity contribution is -0.121. The van der Waals surface area contributed by atoms with Crippen molar-refractivity contribution in [2.45, 2.75) is 26.4 Å². The van der Waals surface area contributed by atoms with Gasteiger partial charge >= 0.3 is 0 Å². The van der Waals surface area contributed by atoms with E-state index in [0.29, 0.717) is 43.9 Å². The van der Waals surface area contributed by atoms with Crippen molar-refractivity contribution < 1.29 is 14.3 Å². The maximum absolute atomic E-state index is 13.0. The lowest BCUT2D eigenvalue weighted by Crippen LogP contribution is -2.41. The third-order valence-corrected chi connectivity index (χ3v) is 5.76. The van der Waals surface area contributed by atoms with E-state index in [2.05, 4.69) is 24.4 Å². The first kappa shape index (κ1) is 21.6. The molecule has 0 unspecified atom stereocenters. The average molecular weight is 429 g/mol. The van der Waals surface area contributed by atoms with E-state index in [9.17, 15) is 9.59 Å². The largest absolute Gasteiger partial charge is 0.489 e. The van der Waals surface area contributed by atoms with E-state index in [1.807, 2.05) is 65.6 Å². The van der Waals surface area contributed by atoms with Crippen molar-refractivity contribution in [3.05, 3.63) is 95.6 Å². The van der Waals surface area contributed by atoms with Gasteiger partial charge < -0.3 is 15.0 Å². The number of rotatable bonds is 6. The fourth-order valence-corrected chi connectivity index (χ4v) is 3.98. The lowest BCUT2D eigenvalue weighted by Gasteiger charge is -2.31. The van der Waals surface area contributed by atoms with Gasteiger partial charge in [-0.2, -0.15) is 0 Å². The molecule has 5 heteroatoms. The molecule has 0 aromatic heterocycles. The number of carbonyl (C=O) groups excluding carboxylic acids is 2. The van der Waals surface area contributed by atoms with Crippen LogP contribution in [0, 0.1) is 12.8 Å². The first-order chi connectivity index (χ1) is 15.6. The molecule has 164 valence electrons. The molecule has 0 aliphatic carbocycles. The van der Waals surface area contributed by atoms with Crippen LogP contribution in [0.15, 0.2) is 78.9 Å². The van der Waals surface area contributed by atoms with Crippen LogP contribution in [0.2, 0.25) is 0 Å². The number of piperidine rings is 1. The van der Waals surface area contributed by atoms with E-state index < -0.39 is 0 Å². The molecule has 1 aliphatic heterocycles. The van der Waals surface area contributed by atoms with Crippen LogP contribution in [-0.4, -0.2) is 29.8 Å². The number of likely N-dealkylation sites (tertiary alicyclic amines) is 1. The predicted octanol–water partition coefficient (Wildman–Crippen LogP) is 5.06. The maximum Gasteiger partial charge on any atom is 0.253 e. The molecule has 0 spiro atoms. The molecule has 4 rings (SSSR count). The molecular weight excluding hydrogens is 400 g/mol. The summed E-state index contributed by atoms with van der Waals surface area (Å²) in [5.41, 5.74) is 3.70. The highest BCUT2D eigenvalue weighted by Gasteiger charge is 2.28. The molecule has 32 heavy (non-hydrogen) atoms. The molecule has 1 heterocycles. The SMILES string of the molecule is Cc1cccc(COc2cccc(C(=O)N3CCC(C(=O)Nc4ccccc4)CC3)c2)c1. The second-order valence-electron chi connectivity index (χ2n) is 8.23. The summed E-state index contributed by atoms with van der Waals surface area (Å²) in [6, 6.07) is 25.0. The first-order valence-electron chi connectivity index (χ1n) is 11.0. The third-order valence-electron chi connectivity index (χ3n) is 5.76. The van der Waals surface area contributed by atoms with Gasteiger partial charge in [0, 0.05) is 30.3 Å². The molecule has 1 N–H and O–H groups in total. The number of nitrogens with one attached hydrogen (secondary N) is 1. The van der Waals surface area contributed by atoms with Gasteiger partial charge in [-0.25, -0.2) is 0 Å². The van der Waals surface area contributed by atoms with Crippen LogP contribution in [0.4, 0.5) is 5.69 Å². The smallest absolute Gasteiger partial charge is 0.253 e. The van der Waals surface area contributed by atoms with Gasteiger partial charge in [-0.05, 0) is 55.7 Å². The summed E-state index contributed by atoms with van der Waals surface area (Å²) in [6.07, 6.45) is 1.32. The zero-order valence-electron chi connectivity index (χ0n) is 18.3. The van der Waals surface area contributed by atoms with Gasteiger partial charge in [0.2, 0.25) is 5.91 Å². The van der Waals surface area contributed by atoms with E-state index in [4.69, 9.17) is 4.74 Å². The number of hydrogen-bond donors (Lipinski definition) is 1. The molecule has 1 saturated heterocycles. The van der Waals surface area contributed by atoms with Crippen molar-refractivity contribution in [3.8, 4) is 5.75 Å². The van der Waals surface area contributed by atoms with Gasteiger partial charge in [-0.15, -0.1) is 0 Å². The zero-order valence-corrected chi connectivity index (χ0v) is 18.3. The molecular formula is C27H28N2O3. The summed E-state index contributed by atoms with van der Waals surface area (Å²) < 4.78 is 5.91. The number of aryl methyl sites for hydroxylation is 1. The number of hydrogen-bond acceptors (Lipinski definition) is 3. The number of carbonyl (C=O) groups is 2. The van der Waals surface area contributed by atoms with Gasteiger partial charge in [0.1, 0.15) is 12.4 Å². The van der Waals surface area contributed by atoms with Crippen molar-refractivity contribution >= 4 is 17.5 Å². The molecule has 0 saturated carbocycles. The minimum Gasteiger partial charge on any atom is -0.489 e. The summed E-state index contributed by atoms with van der Waals surface area (Å²) in [6.45, 7) is 3.65. The molecule has 1 aliphatic rings. The Kier molecular flexibility index (Phi) is 6.85. The Bertz CT molecular complexity index is 1070. The summed E-state index contributed by atoms with van der Waals surface area (Å²) in [7, 11) is 0. The monoisotopic (exact) mass is 428 g/mol. The van der Waals surface area contributed by atoms with Crippen molar-refractivity contribution in [1.29, 1.82) is 0 Å². The van der Waals surface area contributed by atoms with Crippen LogP contribution in [0.1, 0.15) is 34.3 Å². The molecule has 2 amide bonds. The minimum atomic E-state index is -0.0803. The second kappa shape index (κ2) is 10.1. The van der Waals surface area contributed by atoms with E-state index in [0.717, 1.165) is 11.3 Å². The van der Waals surface area contributed by atoms with E-state index in [1.54, 1.807) is 6.07 Å². The second-order valence-corrected chi connectivity index (χ2v) is 8.23. The number of nitrogens with zero attached hydrogens (tertiary/aromatic N) is 1. The van der Waals surface area contributed by atoms with E-state index in [-0.39, 0.29) is 17.7 Å². The molecule has 3 aromatic rings. The Morgan fingerprint density at radius 2 is 1.69 bits per heavy atom. The molecule has 5 nitrogen and oxygen atoms in total. The number of para-hydroxylation sites is 1. The van der Waals surface area contributed by atoms with Gasteiger partial charge in [0.05, 0.1) is 0 Å². The fraction of sp³-hybridized carbons (Fsp3) is 0.259. The molecule has 0 bridgehead atoms. The third kappa shape index (κ3) is 5.55. The topological polar surface area (TPSA) is 58.6 Å². The normalized spacial score (nSPS) is 14.1. The summed E-state index contributed by atoms with van der Waals surface area (Å²) >= 11 is 0. The number of amides is 2. The highest BCUT2D eigenvalue weighted by atomic mass is 16.5. The standard InChI is InChI=1S/C27H28N2O3/c1-20-7-5-8-21(17-20)19-32-25-12-6-9-23(18-25)27(31)29-15-13-22(14-16-29)26(30)28-24-10-3-2-4-11-24/h2-12,17-18,22H,13-16,19H2,1H3,(H,28,30). The summed E-state index contributed by atoms with van der Waals surface area (Å²) in [4.78, 5) is 27.4. The van der Waals surface area contributed by atoms with Crippen LogP contribution >= 0.6 is 0 Å². The minimum absolute atomic E-state index is 0.0204. The Labute approximate surface area is 189 Å². The maximum atomic E-state index is 13.0. The predicted molar refractivity (Wildman–Crippen MR) is 126 cm³/mol. The van der Waals surface area contributed by atoms with Crippen molar-refractivity contribution in [3.63, 3.8) is 0 Å². The molecule has 3 aromatic carbocycles. The summed E-state index contributed by atoms with van der Waals surface area (Å²) in [5.74, 6) is 0.598. The summed E-state index contributed by atoms with van der Waals surface area (Å²) in [5, 5.41) is 2.97. The Hall–Kier alpha value is -3.60. The van der Waals surface area contributed by atoms with Crippen molar-refractivity contribution in [2.75, 3.05) is 18.4 Å². The lowest BCUT2D eigenvalue weighted by atomic mass is 9.95. The van der Waals surface area contributed by atoms with E-state index >= 15 is 0 Å². The first-order valence-corrected chi connectivity index (χ1v) is 11.0. The fourth-order valence-electron chi connectivity index (χ4n) is 3.98. The van der Waals surface area contributed by atoms with Gasteiger partial charge in [0.15, 0.2) is 0 Å². The highest BCUT2D eigenvalue weighted by molar-refractivity contribution is 5.95. The molecule has 0 radical (unpaired) electrons. The van der Waals surface area contributed by atoms with E-state index in [1.165, 1.54) is 5.56 Å². The molecule has 1 fully saturated rings. The number of benzene rings is 3.